The first-order valence-electron chi connectivity index (χ1n) is 10.8. The Morgan fingerprint density at radius 1 is 1.03 bits per heavy atom. The quantitative estimate of drug-likeness (QED) is 0.223. The first-order chi connectivity index (χ1) is 15.5. The molecule has 0 fully saturated rings. The third kappa shape index (κ3) is 8.74. The van der Waals surface area contributed by atoms with Crippen LogP contribution in [0.25, 0.3) is 0 Å². The Bertz CT molecular complexity index is 812. The van der Waals surface area contributed by atoms with Crippen molar-refractivity contribution in [1.82, 2.24) is 5.32 Å². The van der Waals surface area contributed by atoms with Crippen LogP contribution >= 0.6 is 0 Å². The first-order valence-corrected chi connectivity index (χ1v) is 10.8. The Labute approximate surface area is 202 Å². The summed E-state index contributed by atoms with van der Waals surface area (Å²) >= 11 is 0. The minimum absolute atomic E-state index is 0. The number of halogens is 1. The van der Waals surface area contributed by atoms with E-state index in [2.05, 4.69) is 10.6 Å². The number of hydrogen-bond acceptors (Lipinski definition) is 7. The van der Waals surface area contributed by atoms with Gasteiger partial charge in [0.25, 0.3) is 0 Å². The summed E-state index contributed by atoms with van der Waals surface area (Å²) in [5, 5.41) is 15.8. The van der Waals surface area contributed by atoms with Gasteiger partial charge in [0.1, 0.15) is 12.1 Å². The van der Waals surface area contributed by atoms with Gasteiger partial charge in [0.05, 0.1) is 40.0 Å². The molecule has 0 aliphatic heterocycles. The molecule has 0 bridgehead atoms. The van der Waals surface area contributed by atoms with Crippen molar-refractivity contribution >= 4 is 5.97 Å². The molecule has 0 saturated carbocycles. The average Bonchev–Trinajstić information content (AvgIpc) is 2.84. The van der Waals surface area contributed by atoms with Crippen LogP contribution in [0.2, 0.25) is 0 Å². The molecule has 0 radical (unpaired) electrons. The van der Waals surface area contributed by atoms with Gasteiger partial charge in [-0.3, -0.25) is 0 Å². The highest BCUT2D eigenvalue weighted by atomic mass is 35.5. The van der Waals surface area contributed by atoms with Crippen LogP contribution in [-0.2, 0) is 4.74 Å². The van der Waals surface area contributed by atoms with Gasteiger partial charge in [0, 0.05) is 6.54 Å². The summed E-state index contributed by atoms with van der Waals surface area (Å²) in [7, 11) is 4.51. The molecule has 4 N–H and O–H groups in total. The highest BCUT2D eigenvalue weighted by Crippen LogP contribution is 2.38. The predicted molar refractivity (Wildman–Crippen MR) is 122 cm³/mol. The molecule has 0 amide bonds. The smallest absolute Gasteiger partial charge is 0.338 e. The van der Waals surface area contributed by atoms with Gasteiger partial charge < -0.3 is 47.1 Å². The fraction of sp³-hybridized carbons (Fsp3) is 0.458. The molecule has 33 heavy (non-hydrogen) atoms. The Morgan fingerprint density at radius 3 is 2.24 bits per heavy atom. The lowest BCUT2D eigenvalue weighted by atomic mass is 10.0. The molecule has 0 aromatic heterocycles. The second-order valence-electron chi connectivity index (χ2n) is 7.39. The molecular weight excluding hydrogens is 448 g/mol. The van der Waals surface area contributed by atoms with E-state index in [4.69, 9.17) is 18.9 Å². The lowest BCUT2D eigenvalue weighted by Crippen LogP contribution is -3.00. The van der Waals surface area contributed by atoms with Gasteiger partial charge in [-0.1, -0.05) is 30.3 Å². The molecular formula is C24H35ClN2O6. The van der Waals surface area contributed by atoms with E-state index in [1.165, 1.54) is 21.3 Å². The molecule has 2 aromatic carbocycles. The zero-order valence-corrected chi connectivity index (χ0v) is 20.4. The van der Waals surface area contributed by atoms with Crippen molar-refractivity contribution in [2.24, 2.45) is 0 Å². The third-order valence-electron chi connectivity index (χ3n) is 5.13. The minimum Gasteiger partial charge on any atom is -1.00 e. The van der Waals surface area contributed by atoms with Crippen molar-refractivity contribution in [1.29, 1.82) is 0 Å². The molecule has 0 heterocycles. The fourth-order valence-corrected chi connectivity index (χ4v) is 3.30. The summed E-state index contributed by atoms with van der Waals surface area (Å²) in [4.78, 5) is 12.3. The van der Waals surface area contributed by atoms with Gasteiger partial charge in [-0.15, -0.1) is 0 Å². The summed E-state index contributed by atoms with van der Waals surface area (Å²) in [6.45, 7) is 4.69. The highest BCUT2D eigenvalue weighted by Gasteiger charge is 2.19. The van der Waals surface area contributed by atoms with Crippen LogP contribution in [0.15, 0.2) is 42.5 Å². The number of esters is 1. The van der Waals surface area contributed by atoms with Crippen LogP contribution in [0.3, 0.4) is 0 Å². The van der Waals surface area contributed by atoms with Crippen LogP contribution in [0.5, 0.6) is 17.2 Å². The highest BCUT2D eigenvalue weighted by molar-refractivity contribution is 5.91. The number of benzene rings is 2. The maximum Gasteiger partial charge on any atom is 0.338 e. The maximum absolute atomic E-state index is 12.3. The number of ether oxygens (including phenoxy) is 4. The number of aliphatic hydroxyl groups is 1. The molecule has 2 atom stereocenters. The molecule has 0 saturated heterocycles. The zero-order chi connectivity index (χ0) is 23.3. The van der Waals surface area contributed by atoms with Crippen molar-refractivity contribution in [3.8, 4) is 17.2 Å². The molecule has 0 aliphatic carbocycles. The number of hydrogen-bond donors (Lipinski definition) is 3. The summed E-state index contributed by atoms with van der Waals surface area (Å²) in [6.07, 6.45) is 0.198. The topological polar surface area (TPSA) is 103 Å². The van der Waals surface area contributed by atoms with E-state index in [1.54, 1.807) is 12.1 Å². The summed E-state index contributed by atoms with van der Waals surface area (Å²) in [5.41, 5.74) is 1.27. The lowest BCUT2D eigenvalue weighted by Gasteiger charge is -2.18. The van der Waals surface area contributed by atoms with E-state index in [1.807, 2.05) is 37.3 Å². The molecule has 184 valence electrons. The maximum atomic E-state index is 12.3. The number of rotatable bonds is 14. The predicted octanol–water partition coefficient (Wildman–Crippen LogP) is -1.46. The number of methoxy groups -OCH3 is 3. The monoisotopic (exact) mass is 482 g/mol. The Balaban J connectivity index is 0.00000544. The average molecular weight is 483 g/mol. The Hall–Kier alpha value is -2.52. The molecule has 9 heteroatoms. The van der Waals surface area contributed by atoms with E-state index >= 15 is 0 Å². The molecule has 8 nitrogen and oxygen atoms in total. The number of nitrogens with one attached hydrogen (secondary N) is 1. The van der Waals surface area contributed by atoms with Gasteiger partial charge in [-0.25, -0.2) is 4.79 Å². The van der Waals surface area contributed by atoms with E-state index in [-0.39, 0.29) is 18.4 Å². The van der Waals surface area contributed by atoms with E-state index in [0.717, 1.165) is 25.2 Å². The zero-order valence-electron chi connectivity index (χ0n) is 19.7. The van der Waals surface area contributed by atoms with Gasteiger partial charge >= 0.3 is 5.97 Å². The molecule has 2 aromatic rings. The fourth-order valence-electron chi connectivity index (χ4n) is 3.30. The number of quaternary nitrogens is 1. The number of nitrogens with two attached hydrogens (primary N) is 1. The minimum atomic E-state index is -0.495. The summed E-state index contributed by atoms with van der Waals surface area (Å²) < 4.78 is 21.1. The van der Waals surface area contributed by atoms with E-state index < -0.39 is 12.1 Å². The van der Waals surface area contributed by atoms with Crippen LogP contribution in [0.1, 0.15) is 35.4 Å². The van der Waals surface area contributed by atoms with Crippen molar-refractivity contribution < 1.29 is 46.6 Å². The van der Waals surface area contributed by atoms with E-state index in [9.17, 15) is 9.90 Å². The number of carbonyl (C=O) groups is 1. The largest absolute Gasteiger partial charge is 1.00 e. The lowest BCUT2D eigenvalue weighted by molar-refractivity contribution is -0.692. The third-order valence-corrected chi connectivity index (χ3v) is 5.13. The second-order valence-corrected chi connectivity index (χ2v) is 7.39. The van der Waals surface area contributed by atoms with Crippen LogP contribution in [-0.4, -0.2) is 64.7 Å². The molecule has 0 spiro atoms. The molecule has 2 unspecified atom stereocenters. The normalized spacial score (nSPS) is 12.3. The van der Waals surface area contributed by atoms with Crippen LogP contribution in [0.4, 0.5) is 0 Å². The number of aliphatic hydroxyl groups excluding tert-OH is 1. The standard InChI is InChI=1S/C24H34N2O6.ClH/c1-17(22(27)18-9-6-5-7-10-18)26-13-12-25-11-8-14-32-24(28)19-15-20(29-2)23(31-4)21(16-19)30-3;/h5-7,9-10,15-17,22,25-27H,8,11-14H2,1-4H3;1H. The first kappa shape index (κ1) is 28.5. The molecule has 0 aliphatic rings. The number of carbonyl (C=O) groups excluding carboxylic acids is 1. The van der Waals surface area contributed by atoms with Crippen molar-refractivity contribution in [3.05, 3.63) is 53.6 Å². The Morgan fingerprint density at radius 2 is 1.67 bits per heavy atom. The summed E-state index contributed by atoms with van der Waals surface area (Å²) in [6, 6.07) is 12.9. The van der Waals surface area contributed by atoms with Crippen molar-refractivity contribution in [2.45, 2.75) is 25.5 Å². The SMILES string of the molecule is COc1cc(C(=O)OCCCNCC[NH2+]C(C)C(O)c2ccccc2)cc(OC)c1OC.[Cl-]. The van der Waals surface area contributed by atoms with Gasteiger partial charge in [-0.05, 0) is 37.6 Å². The Kier molecular flexibility index (Phi) is 13.3. The van der Waals surface area contributed by atoms with Gasteiger partial charge in [-0.2, -0.15) is 0 Å². The molecule has 2 rings (SSSR count). The van der Waals surface area contributed by atoms with Gasteiger partial charge in [0.2, 0.25) is 5.75 Å². The van der Waals surface area contributed by atoms with Crippen molar-refractivity contribution in [2.75, 3.05) is 47.6 Å². The van der Waals surface area contributed by atoms with Crippen LogP contribution < -0.4 is 37.3 Å². The van der Waals surface area contributed by atoms with Gasteiger partial charge in [0.15, 0.2) is 11.5 Å². The van der Waals surface area contributed by atoms with E-state index in [0.29, 0.717) is 35.8 Å². The van der Waals surface area contributed by atoms with Crippen molar-refractivity contribution in [3.63, 3.8) is 0 Å². The summed E-state index contributed by atoms with van der Waals surface area (Å²) in [5.74, 6) is 0.797. The van der Waals surface area contributed by atoms with Crippen LogP contribution in [0, 0.1) is 0 Å². The second kappa shape index (κ2) is 15.3.